The first kappa shape index (κ1) is 21.4. The molecule has 0 radical (unpaired) electrons. The maximum absolute atomic E-state index is 2.41. The van der Waals surface area contributed by atoms with E-state index in [0.29, 0.717) is 0 Å². The number of benzene rings is 6. The Morgan fingerprint density at radius 1 is 0.368 bits per heavy atom. The van der Waals surface area contributed by atoms with Gasteiger partial charge in [-0.05, 0) is 90.9 Å². The summed E-state index contributed by atoms with van der Waals surface area (Å²) >= 11 is 0. The zero-order chi connectivity index (χ0) is 25.1. The summed E-state index contributed by atoms with van der Waals surface area (Å²) in [4.78, 5) is 0. The second-order valence-corrected chi connectivity index (χ2v) is 10.5. The Kier molecular flexibility index (Phi) is 4.75. The van der Waals surface area contributed by atoms with Crippen molar-refractivity contribution in [2.75, 3.05) is 0 Å². The van der Waals surface area contributed by atoms with E-state index in [9.17, 15) is 0 Å². The van der Waals surface area contributed by atoms with Crippen LogP contribution in [0, 0.1) is 0 Å². The highest BCUT2D eigenvalue weighted by Crippen LogP contribution is 2.49. The molecule has 6 aromatic rings. The van der Waals surface area contributed by atoms with Crippen LogP contribution >= 0.6 is 0 Å². The van der Waals surface area contributed by atoms with Crippen molar-refractivity contribution in [3.63, 3.8) is 0 Å². The third-order valence-electron chi connectivity index (χ3n) is 8.41. The van der Waals surface area contributed by atoms with E-state index < -0.39 is 0 Å². The van der Waals surface area contributed by atoms with Crippen LogP contribution in [0.3, 0.4) is 0 Å². The van der Waals surface area contributed by atoms with Crippen molar-refractivity contribution in [3.05, 3.63) is 167 Å². The van der Waals surface area contributed by atoms with E-state index in [1.807, 2.05) is 0 Å². The van der Waals surface area contributed by atoms with Crippen molar-refractivity contribution in [1.82, 2.24) is 0 Å². The number of hydrogen-bond donors (Lipinski definition) is 0. The maximum atomic E-state index is 2.41. The smallest absolute Gasteiger partial charge is 0.0352 e. The maximum Gasteiger partial charge on any atom is 0.0352 e. The highest BCUT2D eigenvalue weighted by molar-refractivity contribution is 5.86. The lowest BCUT2D eigenvalue weighted by Crippen LogP contribution is -1.99. The van der Waals surface area contributed by atoms with Crippen LogP contribution in [-0.4, -0.2) is 0 Å². The summed E-state index contributed by atoms with van der Waals surface area (Å²) in [5, 5.41) is 0. The van der Waals surface area contributed by atoms with E-state index in [1.165, 1.54) is 72.3 Å². The molecule has 0 bridgehead atoms. The lowest BCUT2D eigenvalue weighted by Gasteiger charge is -2.16. The normalized spacial score (nSPS) is 14.5. The average molecular weight is 483 g/mol. The highest BCUT2D eigenvalue weighted by Gasteiger charge is 2.30. The molecule has 0 spiro atoms. The minimum Gasteiger partial charge on any atom is -0.0622 e. The molecule has 0 saturated carbocycles. The van der Waals surface area contributed by atoms with Gasteiger partial charge in [0.25, 0.3) is 0 Å². The van der Waals surface area contributed by atoms with E-state index in [0.717, 1.165) is 6.42 Å². The lowest BCUT2D eigenvalue weighted by atomic mass is 9.88. The van der Waals surface area contributed by atoms with Gasteiger partial charge < -0.3 is 0 Å². The van der Waals surface area contributed by atoms with Gasteiger partial charge >= 0.3 is 0 Å². The van der Waals surface area contributed by atoms with Gasteiger partial charge in [0.1, 0.15) is 0 Å². The van der Waals surface area contributed by atoms with Gasteiger partial charge in [-0.1, -0.05) is 127 Å². The predicted molar refractivity (Wildman–Crippen MR) is 158 cm³/mol. The van der Waals surface area contributed by atoms with E-state index >= 15 is 0 Å². The van der Waals surface area contributed by atoms with Crippen molar-refractivity contribution < 1.29 is 0 Å². The van der Waals surface area contributed by atoms with Gasteiger partial charge in [-0.15, -0.1) is 0 Å². The van der Waals surface area contributed by atoms with Crippen LogP contribution in [0.1, 0.15) is 33.7 Å². The first-order valence-electron chi connectivity index (χ1n) is 13.4. The molecule has 0 heterocycles. The SMILES string of the molecule is c1ccc(-c2ccc(C3c4ccccc4-c4cc(-c5ccc6c(c5)-c5ccccc5C6)ccc43)cc2)cc1. The second kappa shape index (κ2) is 8.43. The Balaban J connectivity index is 1.21. The molecule has 178 valence electrons. The largest absolute Gasteiger partial charge is 0.0622 e. The van der Waals surface area contributed by atoms with Crippen molar-refractivity contribution in [2.45, 2.75) is 12.3 Å². The Morgan fingerprint density at radius 3 is 1.79 bits per heavy atom. The number of fused-ring (bicyclic) bond motifs is 6. The van der Waals surface area contributed by atoms with E-state index in [2.05, 4.69) is 140 Å². The standard InChI is InChI=1S/C38H26/c1-2-8-25(9-3-1)26-14-16-27(17-15-26)38-34-13-7-6-12-33(34)37-24-29(20-21-35(37)38)28-18-19-31-22-30-10-4-5-11-32(30)36(31)23-28/h1-21,23-24,38H,22H2. The van der Waals surface area contributed by atoms with Crippen LogP contribution in [0.5, 0.6) is 0 Å². The Bertz CT molecular complexity index is 1820. The summed E-state index contributed by atoms with van der Waals surface area (Å²) in [6, 6.07) is 51.6. The predicted octanol–water partition coefficient (Wildman–Crippen LogP) is 9.75. The molecule has 1 unspecified atom stereocenters. The molecule has 0 aromatic heterocycles. The molecule has 1 atom stereocenters. The molecule has 0 nitrogen and oxygen atoms in total. The van der Waals surface area contributed by atoms with Crippen molar-refractivity contribution in [3.8, 4) is 44.5 Å². The van der Waals surface area contributed by atoms with Crippen LogP contribution in [0.15, 0.2) is 140 Å². The minimum atomic E-state index is 0.256. The highest BCUT2D eigenvalue weighted by atomic mass is 14.3. The lowest BCUT2D eigenvalue weighted by molar-refractivity contribution is 1.02. The monoisotopic (exact) mass is 482 g/mol. The molecular weight excluding hydrogens is 456 g/mol. The number of hydrogen-bond acceptors (Lipinski definition) is 0. The van der Waals surface area contributed by atoms with Gasteiger partial charge in [-0.2, -0.15) is 0 Å². The first-order valence-corrected chi connectivity index (χ1v) is 13.4. The Morgan fingerprint density at radius 2 is 0.947 bits per heavy atom. The topological polar surface area (TPSA) is 0 Å². The molecule has 0 heteroatoms. The summed E-state index contributed by atoms with van der Waals surface area (Å²) in [5.74, 6) is 0.256. The Hall–Kier alpha value is -4.68. The van der Waals surface area contributed by atoms with Gasteiger partial charge in [0.2, 0.25) is 0 Å². The van der Waals surface area contributed by atoms with Gasteiger partial charge in [0.15, 0.2) is 0 Å². The summed E-state index contributed by atoms with van der Waals surface area (Å²) in [5.41, 5.74) is 17.6. The molecule has 38 heavy (non-hydrogen) atoms. The zero-order valence-corrected chi connectivity index (χ0v) is 21.1. The average Bonchev–Trinajstić information content (AvgIpc) is 3.53. The van der Waals surface area contributed by atoms with Crippen molar-refractivity contribution >= 4 is 0 Å². The van der Waals surface area contributed by atoms with Gasteiger partial charge in [-0.25, -0.2) is 0 Å². The summed E-state index contributed by atoms with van der Waals surface area (Å²) in [7, 11) is 0. The summed E-state index contributed by atoms with van der Waals surface area (Å²) < 4.78 is 0. The molecule has 6 aromatic carbocycles. The molecule has 2 aliphatic rings. The van der Waals surface area contributed by atoms with Crippen LogP contribution in [0.4, 0.5) is 0 Å². The fourth-order valence-corrected chi connectivity index (χ4v) is 6.54. The fourth-order valence-electron chi connectivity index (χ4n) is 6.54. The third-order valence-corrected chi connectivity index (χ3v) is 8.41. The van der Waals surface area contributed by atoms with Crippen molar-refractivity contribution in [2.24, 2.45) is 0 Å². The molecular formula is C38H26. The van der Waals surface area contributed by atoms with E-state index in [-0.39, 0.29) is 5.92 Å². The number of rotatable bonds is 3. The third kappa shape index (κ3) is 3.31. The van der Waals surface area contributed by atoms with Gasteiger partial charge in [0.05, 0.1) is 0 Å². The summed E-state index contributed by atoms with van der Waals surface area (Å²) in [6.45, 7) is 0. The molecule has 8 rings (SSSR count). The summed E-state index contributed by atoms with van der Waals surface area (Å²) in [6.07, 6.45) is 1.04. The van der Waals surface area contributed by atoms with Crippen molar-refractivity contribution in [1.29, 1.82) is 0 Å². The van der Waals surface area contributed by atoms with Crippen LogP contribution in [-0.2, 0) is 6.42 Å². The molecule has 0 saturated heterocycles. The fraction of sp³-hybridized carbons (Fsp3) is 0.0526. The van der Waals surface area contributed by atoms with Crippen LogP contribution in [0.25, 0.3) is 44.5 Å². The molecule has 0 fully saturated rings. The minimum absolute atomic E-state index is 0.256. The van der Waals surface area contributed by atoms with Crippen LogP contribution in [0.2, 0.25) is 0 Å². The molecule has 0 amide bonds. The van der Waals surface area contributed by atoms with E-state index in [4.69, 9.17) is 0 Å². The second-order valence-electron chi connectivity index (χ2n) is 10.5. The van der Waals surface area contributed by atoms with Gasteiger partial charge in [-0.3, -0.25) is 0 Å². The first-order chi connectivity index (χ1) is 18.8. The molecule has 0 aliphatic heterocycles. The van der Waals surface area contributed by atoms with Crippen LogP contribution < -0.4 is 0 Å². The Labute approximate surface area is 223 Å². The van der Waals surface area contributed by atoms with Gasteiger partial charge in [0, 0.05) is 5.92 Å². The molecule has 0 N–H and O–H groups in total. The van der Waals surface area contributed by atoms with E-state index in [1.54, 1.807) is 0 Å². The quantitative estimate of drug-likeness (QED) is 0.235. The zero-order valence-electron chi connectivity index (χ0n) is 21.1. The molecule has 2 aliphatic carbocycles.